The smallest absolute Gasteiger partial charge is 0.164 e. The fourth-order valence-corrected chi connectivity index (χ4v) is 2.08. The molecule has 108 valence electrons. The first-order valence-corrected chi connectivity index (χ1v) is 6.97. The fraction of sp³-hybridized carbons (Fsp3) is 0.467. The minimum atomic E-state index is -0.0564. The molecule has 0 amide bonds. The molecular formula is C15H22N4O. The topological polar surface area (TPSA) is 66.0 Å². The zero-order chi connectivity index (χ0) is 14.5. The van der Waals surface area contributed by atoms with Gasteiger partial charge in [0.1, 0.15) is 18.7 Å². The van der Waals surface area contributed by atoms with Gasteiger partial charge in [-0.2, -0.15) is 5.10 Å². The van der Waals surface area contributed by atoms with E-state index in [-0.39, 0.29) is 6.04 Å². The lowest BCUT2D eigenvalue weighted by Gasteiger charge is -2.14. The first-order chi connectivity index (χ1) is 9.61. The molecule has 1 aromatic carbocycles. The van der Waals surface area contributed by atoms with Crippen molar-refractivity contribution in [2.24, 2.45) is 5.73 Å². The van der Waals surface area contributed by atoms with E-state index in [0.717, 1.165) is 35.7 Å². The molecule has 20 heavy (non-hydrogen) atoms. The molecule has 1 heterocycles. The molecule has 2 aromatic rings. The number of hydrogen-bond acceptors (Lipinski definition) is 4. The Hall–Kier alpha value is -1.88. The van der Waals surface area contributed by atoms with Crippen LogP contribution in [0.5, 0.6) is 5.75 Å². The Morgan fingerprint density at radius 2 is 2.20 bits per heavy atom. The maximum absolute atomic E-state index is 5.98. The van der Waals surface area contributed by atoms with Gasteiger partial charge in [-0.3, -0.25) is 0 Å². The molecule has 0 radical (unpaired) electrons. The zero-order valence-electron chi connectivity index (χ0n) is 12.3. The highest BCUT2D eigenvalue weighted by molar-refractivity contribution is 5.38. The molecule has 0 saturated heterocycles. The van der Waals surface area contributed by atoms with Crippen molar-refractivity contribution in [3.63, 3.8) is 0 Å². The van der Waals surface area contributed by atoms with Crippen molar-refractivity contribution in [1.29, 1.82) is 0 Å². The van der Waals surface area contributed by atoms with E-state index in [2.05, 4.69) is 17.0 Å². The van der Waals surface area contributed by atoms with Crippen LogP contribution in [0.25, 0.3) is 0 Å². The summed E-state index contributed by atoms with van der Waals surface area (Å²) in [4.78, 5) is 4.24. The van der Waals surface area contributed by atoms with Crippen LogP contribution < -0.4 is 10.5 Å². The molecule has 0 aliphatic heterocycles. The van der Waals surface area contributed by atoms with Crippen LogP contribution in [-0.4, -0.2) is 14.8 Å². The summed E-state index contributed by atoms with van der Waals surface area (Å²) in [6, 6.07) is 6.02. The highest BCUT2D eigenvalue weighted by Gasteiger charge is 2.10. The normalized spacial score (nSPS) is 12.4. The first-order valence-electron chi connectivity index (χ1n) is 6.97. The maximum atomic E-state index is 5.98. The molecule has 0 bridgehead atoms. The first kappa shape index (κ1) is 14.5. The molecular weight excluding hydrogens is 252 g/mol. The molecule has 2 N–H and O–H groups in total. The summed E-state index contributed by atoms with van der Waals surface area (Å²) in [6.07, 6.45) is 2.59. The van der Waals surface area contributed by atoms with Crippen molar-refractivity contribution in [2.45, 2.75) is 46.4 Å². The minimum Gasteiger partial charge on any atom is -0.485 e. The number of benzene rings is 1. The maximum Gasteiger partial charge on any atom is 0.164 e. The number of rotatable bonds is 6. The van der Waals surface area contributed by atoms with E-state index >= 15 is 0 Å². The summed E-state index contributed by atoms with van der Waals surface area (Å²) in [5, 5.41) is 4.19. The van der Waals surface area contributed by atoms with Gasteiger partial charge in [-0.15, -0.1) is 0 Å². The number of ether oxygens (including phenoxy) is 1. The third-order valence-corrected chi connectivity index (χ3v) is 3.15. The van der Waals surface area contributed by atoms with Crippen molar-refractivity contribution in [3.8, 4) is 5.75 Å². The number of nitrogens with two attached hydrogens (primary N) is 1. The second kappa shape index (κ2) is 6.52. The molecule has 0 spiro atoms. The molecule has 5 heteroatoms. The van der Waals surface area contributed by atoms with Gasteiger partial charge in [-0.1, -0.05) is 19.1 Å². The van der Waals surface area contributed by atoms with Crippen LogP contribution in [0.3, 0.4) is 0 Å². The predicted octanol–water partition coefficient (Wildman–Crippen LogP) is 2.60. The molecule has 0 aliphatic rings. The van der Waals surface area contributed by atoms with E-state index in [0.29, 0.717) is 6.61 Å². The Morgan fingerprint density at radius 1 is 1.40 bits per heavy atom. The van der Waals surface area contributed by atoms with Crippen LogP contribution in [0, 0.1) is 6.92 Å². The van der Waals surface area contributed by atoms with E-state index in [1.165, 1.54) is 0 Å². The van der Waals surface area contributed by atoms with Gasteiger partial charge >= 0.3 is 0 Å². The second-order valence-corrected chi connectivity index (χ2v) is 5.02. The van der Waals surface area contributed by atoms with Gasteiger partial charge in [-0.25, -0.2) is 9.67 Å². The Labute approximate surface area is 119 Å². The standard InChI is InChI=1S/C15H22N4O/c1-4-7-19-15(17-10-18-19)9-20-14-8-11(2)5-6-13(14)12(3)16/h5-6,8,10,12H,4,7,9,16H2,1-3H3/t12-/m0/s1. The monoisotopic (exact) mass is 274 g/mol. The molecule has 0 fully saturated rings. The van der Waals surface area contributed by atoms with E-state index < -0.39 is 0 Å². The SMILES string of the molecule is CCCn1ncnc1COc1cc(C)ccc1[C@H](C)N. The number of aromatic nitrogens is 3. The highest BCUT2D eigenvalue weighted by Crippen LogP contribution is 2.25. The fourth-order valence-electron chi connectivity index (χ4n) is 2.08. The van der Waals surface area contributed by atoms with Gasteiger partial charge in [0.05, 0.1) is 0 Å². The average Bonchev–Trinajstić information content (AvgIpc) is 2.84. The Balaban J connectivity index is 2.14. The Bertz CT molecular complexity index is 563. The lowest BCUT2D eigenvalue weighted by Crippen LogP contribution is -2.11. The van der Waals surface area contributed by atoms with Crippen molar-refractivity contribution in [1.82, 2.24) is 14.8 Å². The van der Waals surface area contributed by atoms with Crippen molar-refractivity contribution in [3.05, 3.63) is 41.5 Å². The van der Waals surface area contributed by atoms with Gasteiger partial charge < -0.3 is 10.5 Å². The molecule has 0 aliphatic carbocycles. The molecule has 5 nitrogen and oxygen atoms in total. The summed E-state index contributed by atoms with van der Waals surface area (Å²) in [5.74, 6) is 1.66. The van der Waals surface area contributed by atoms with Gasteiger partial charge in [0.25, 0.3) is 0 Å². The van der Waals surface area contributed by atoms with E-state index in [4.69, 9.17) is 10.5 Å². The van der Waals surface area contributed by atoms with Crippen molar-refractivity contribution < 1.29 is 4.74 Å². The van der Waals surface area contributed by atoms with Gasteiger partial charge in [-0.05, 0) is 31.9 Å². The van der Waals surface area contributed by atoms with Gasteiger partial charge in [0, 0.05) is 18.2 Å². The number of aryl methyl sites for hydroxylation is 2. The van der Waals surface area contributed by atoms with Gasteiger partial charge in [0.2, 0.25) is 0 Å². The number of hydrogen-bond donors (Lipinski definition) is 1. The molecule has 0 saturated carbocycles. The van der Waals surface area contributed by atoms with Crippen LogP contribution in [0.1, 0.15) is 43.3 Å². The van der Waals surface area contributed by atoms with Crippen LogP contribution in [-0.2, 0) is 13.2 Å². The second-order valence-electron chi connectivity index (χ2n) is 5.02. The molecule has 0 unspecified atom stereocenters. The predicted molar refractivity (Wildman–Crippen MR) is 78.4 cm³/mol. The largest absolute Gasteiger partial charge is 0.485 e. The summed E-state index contributed by atoms with van der Waals surface area (Å²) in [6.45, 7) is 7.37. The number of nitrogens with zero attached hydrogens (tertiary/aromatic N) is 3. The lowest BCUT2D eigenvalue weighted by molar-refractivity contribution is 0.282. The van der Waals surface area contributed by atoms with E-state index in [1.54, 1.807) is 6.33 Å². The summed E-state index contributed by atoms with van der Waals surface area (Å²) in [7, 11) is 0. The Kier molecular flexibility index (Phi) is 4.74. The van der Waals surface area contributed by atoms with Crippen molar-refractivity contribution in [2.75, 3.05) is 0 Å². The quantitative estimate of drug-likeness (QED) is 0.879. The van der Waals surface area contributed by atoms with Gasteiger partial charge in [0.15, 0.2) is 5.82 Å². The summed E-state index contributed by atoms with van der Waals surface area (Å²) in [5.41, 5.74) is 8.14. The zero-order valence-corrected chi connectivity index (χ0v) is 12.3. The Morgan fingerprint density at radius 3 is 2.90 bits per heavy atom. The van der Waals surface area contributed by atoms with Crippen LogP contribution in [0.15, 0.2) is 24.5 Å². The lowest BCUT2D eigenvalue weighted by atomic mass is 10.1. The molecule has 1 atom stereocenters. The third-order valence-electron chi connectivity index (χ3n) is 3.15. The van der Waals surface area contributed by atoms with Crippen LogP contribution >= 0.6 is 0 Å². The minimum absolute atomic E-state index is 0.0564. The molecule has 1 aromatic heterocycles. The van der Waals surface area contributed by atoms with E-state index in [9.17, 15) is 0 Å². The van der Waals surface area contributed by atoms with Crippen molar-refractivity contribution >= 4 is 0 Å². The van der Waals surface area contributed by atoms with Crippen LogP contribution in [0.4, 0.5) is 0 Å². The third kappa shape index (κ3) is 3.36. The van der Waals surface area contributed by atoms with E-state index in [1.807, 2.05) is 36.7 Å². The summed E-state index contributed by atoms with van der Waals surface area (Å²) < 4.78 is 7.78. The highest BCUT2D eigenvalue weighted by atomic mass is 16.5. The van der Waals surface area contributed by atoms with Crippen LogP contribution in [0.2, 0.25) is 0 Å². The summed E-state index contributed by atoms with van der Waals surface area (Å²) >= 11 is 0. The molecule has 2 rings (SSSR count). The average molecular weight is 274 g/mol.